The summed E-state index contributed by atoms with van der Waals surface area (Å²) in [6.45, 7) is 6.27. The lowest BCUT2D eigenvalue weighted by atomic mass is 9.87. The summed E-state index contributed by atoms with van der Waals surface area (Å²) in [7, 11) is -0.698. The summed E-state index contributed by atoms with van der Waals surface area (Å²) in [4.78, 5) is 12.9. The molecule has 7 heteroatoms. The number of nitrogens with zero attached hydrogens (tertiary/aromatic N) is 1. The molecule has 0 saturated carbocycles. The summed E-state index contributed by atoms with van der Waals surface area (Å²) in [6, 6.07) is 20.4. The number of anilines is 2. The van der Waals surface area contributed by atoms with Gasteiger partial charge < -0.3 is 10.1 Å². The number of carbonyl (C=O) groups is 1. The molecular formula is C25H28N2O4S. The first-order valence-electron chi connectivity index (χ1n) is 10.2. The highest BCUT2D eigenvalue weighted by atomic mass is 32.2. The number of nitrogens with one attached hydrogen (secondary N) is 1. The molecule has 32 heavy (non-hydrogen) atoms. The highest BCUT2D eigenvalue weighted by Crippen LogP contribution is 2.32. The molecule has 1 amide bonds. The number of para-hydroxylation sites is 1. The van der Waals surface area contributed by atoms with Crippen molar-refractivity contribution in [2.24, 2.45) is 0 Å². The first kappa shape index (κ1) is 23.3. The largest absolute Gasteiger partial charge is 0.495 e. The number of sulfonamides is 1. The molecule has 0 fully saturated rings. The third kappa shape index (κ3) is 4.94. The summed E-state index contributed by atoms with van der Waals surface area (Å²) in [5.41, 5.74) is 2.42. The lowest BCUT2D eigenvalue weighted by Gasteiger charge is -2.21. The topological polar surface area (TPSA) is 75.7 Å². The fourth-order valence-electron chi connectivity index (χ4n) is 3.18. The SMILES string of the molecule is COc1ccc(C(C)(C)C)cc1NC(=O)c1ccc(S(=O)(=O)N(C)c2ccccc2)cc1. The van der Waals surface area contributed by atoms with Gasteiger partial charge in [0.1, 0.15) is 5.75 Å². The van der Waals surface area contributed by atoms with Crippen molar-refractivity contribution in [1.29, 1.82) is 0 Å². The van der Waals surface area contributed by atoms with Crippen LogP contribution in [-0.4, -0.2) is 28.5 Å². The maximum absolute atomic E-state index is 12.9. The summed E-state index contributed by atoms with van der Waals surface area (Å²) in [5, 5.41) is 2.87. The van der Waals surface area contributed by atoms with Gasteiger partial charge in [-0.05, 0) is 59.5 Å². The van der Waals surface area contributed by atoms with E-state index in [4.69, 9.17) is 4.74 Å². The molecule has 1 N–H and O–H groups in total. The van der Waals surface area contributed by atoms with Crippen LogP contribution in [0.15, 0.2) is 77.7 Å². The van der Waals surface area contributed by atoms with Crippen LogP contribution in [0.1, 0.15) is 36.7 Å². The minimum absolute atomic E-state index is 0.0907. The van der Waals surface area contributed by atoms with Crippen LogP contribution in [0, 0.1) is 0 Å². The Kier molecular flexibility index (Phi) is 6.60. The zero-order valence-corrected chi connectivity index (χ0v) is 19.7. The van der Waals surface area contributed by atoms with Crippen LogP contribution < -0.4 is 14.4 Å². The van der Waals surface area contributed by atoms with Crippen LogP contribution >= 0.6 is 0 Å². The van der Waals surface area contributed by atoms with Gasteiger partial charge in [-0.1, -0.05) is 45.0 Å². The van der Waals surface area contributed by atoms with Crippen molar-refractivity contribution in [2.75, 3.05) is 23.8 Å². The molecule has 0 saturated heterocycles. The Morgan fingerprint density at radius 1 is 0.938 bits per heavy atom. The Morgan fingerprint density at radius 3 is 2.12 bits per heavy atom. The molecule has 0 unspecified atom stereocenters. The number of benzene rings is 3. The second kappa shape index (κ2) is 9.04. The predicted molar refractivity (Wildman–Crippen MR) is 128 cm³/mol. The van der Waals surface area contributed by atoms with Crippen molar-refractivity contribution in [2.45, 2.75) is 31.1 Å². The Morgan fingerprint density at radius 2 is 1.56 bits per heavy atom. The molecular weight excluding hydrogens is 424 g/mol. The van der Waals surface area contributed by atoms with Gasteiger partial charge in [-0.25, -0.2) is 8.42 Å². The summed E-state index contributed by atoms with van der Waals surface area (Å²) in [6.07, 6.45) is 0. The normalized spacial score (nSPS) is 11.7. The Balaban J connectivity index is 1.83. The van der Waals surface area contributed by atoms with E-state index in [9.17, 15) is 13.2 Å². The Bertz CT molecular complexity index is 1200. The first-order chi connectivity index (χ1) is 15.0. The number of carbonyl (C=O) groups excluding carboxylic acids is 1. The van der Waals surface area contributed by atoms with Crippen molar-refractivity contribution in [3.63, 3.8) is 0 Å². The van der Waals surface area contributed by atoms with Crippen LogP contribution in [0.4, 0.5) is 11.4 Å². The van der Waals surface area contributed by atoms with Crippen LogP contribution in [-0.2, 0) is 15.4 Å². The summed E-state index contributed by atoms with van der Waals surface area (Å²) >= 11 is 0. The van der Waals surface area contributed by atoms with Gasteiger partial charge in [-0.3, -0.25) is 9.10 Å². The predicted octanol–water partition coefficient (Wildman–Crippen LogP) is 5.07. The molecule has 0 aliphatic heterocycles. The van der Waals surface area contributed by atoms with Crippen LogP contribution in [0.3, 0.4) is 0 Å². The monoisotopic (exact) mass is 452 g/mol. The maximum atomic E-state index is 12.9. The van der Waals surface area contributed by atoms with Gasteiger partial charge >= 0.3 is 0 Å². The molecule has 6 nitrogen and oxygen atoms in total. The fraction of sp³-hybridized carbons (Fsp3) is 0.240. The number of hydrogen-bond donors (Lipinski definition) is 1. The Hall–Kier alpha value is -3.32. The Labute approximate surface area is 189 Å². The molecule has 0 atom stereocenters. The van der Waals surface area contributed by atoms with Gasteiger partial charge in [0.25, 0.3) is 15.9 Å². The first-order valence-corrected chi connectivity index (χ1v) is 11.6. The number of ether oxygens (including phenoxy) is 1. The number of rotatable bonds is 6. The maximum Gasteiger partial charge on any atom is 0.264 e. The van der Waals surface area contributed by atoms with Crippen molar-refractivity contribution in [3.05, 3.63) is 83.9 Å². The van der Waals surface area contributed by atoms with E-state index in [1.165, 1.54) is 35.6 Å². The van der Waals surface area contributed by atoms with Gasteiger partial charge in [0.2, 0.25) is 0 Å². The van der Waals surface area contributed by atoms with Gasteiger partial charge in [0.15, 0.2) is 0 Å². The van der Waals surface area contributed by atoms with Gasteiger partial charge in [0.05, 0.1) is 23.4 Å². The van der Waals surface area contributed by atoms with Gasteiger partial charge in [-0.2, -0.15) is 0 Å². The highest BCUT2D eigenvalue weighted by Gasteiger charge is 2.22. The smallest absolute Gasteiger partial charge is 0.264 e. The van der Waals surface area contributed by atoms with Crippen molar-refractivity contribution >= 4 is 27.3 Å². The third-order valence-corrected chi connectivity index (χ3v) is 7.01. The average molecular weight is 453 g/mol. The van der Waals surface area contributed by atoms with Crippen molar-refractivity contribution in [3.8, 4) is 5.75 Å². The molecule has 3 aromatic carbocycles. The molecule has 3 rings (SSSR count). The van der Waals surface area contributed by atoms with E-state index in [0.29, 0.717) is 22.7 Å². The molecule has 0 spiro atoms. The molecule has 0 aliphatic carbocycles. The minimum atomic E-state index is -3.74. The molecule has 168 valence electrons. The van der Waals surface area contributed by atoms with Gasteiger partial charge in [0, 0.05) is 12.6 Å². The number of methoxy groups -OCH3 is 1. The van der Waals surface area contributed by atoms with Crippen molar-refractivity contribution in [1.82, 2.24) is 0 Å². The highest BCUT2D eigenvalue weighted by molar-refractivity contribution is 7.92. The average Bonchev–Trinajstić information content (AvgIpc) is 2.78. The van der Waals surface area contributed by atoms with E-state index in [-0.39, 0.29) is 16.2 Å². The molecule has 0 aromatic heterocycles. The molecule has 0 bridgehead atoms. The zero-order chi connectivity index (χ0) is 23.5. The summed E-state index contributed by atoms with van der Waals surface area (Å²) in [5.74, 6) is 0.199. The van der Waals surface area contributed by atoms with Crippen LogP contribution in [0.2, 0.25) is 0 Å². The van der Waals surface area contributed by atoms with E-state index in [2.05, 4.69) is 26.1 Å². The van der Waals surface area contributed by atoms with Crippen molar-refractivity contribution < 1.29 is 17.9 Å². The molecule has 0 radical (unpaired) electrons. The fourth-order valence-corrected chi connectivity index (χ4v) is 4.38. The minimum Gasteiger partial charge on any atom is -0.495 e. The van der Waals surface area contributed by atoms with E-state index < -0.39 is 10.0 Å². The lowest BCUT2D eigenvalue weighted by molar-refractivity contribution is 0.102. The molecule has 0 heterocycles. The number of amides is 1. The zero-order valence-electron chi connectivity index (χ0n) is 18.9. The quantitative estimate of drug-likeness (QED) is 0.567. The second-order valence-electron chi connectivity index (χ2n) is 8.45. The third-order valence-electron chi connectivity index (χ3n) is 5.21. The van der Waals surface area contributed by atoms with E-state index in [0.717, 1.165) is 5.56 Å². The van der Waals surface area contributed by atoms with Crippen LogP contribution in [0.25, 0.3) is 0 Å². The van der Waals surface area contributed by atoms with E-state index in [1.807, 2.05) is 24.3 Å². The molecule has 3 aromatic rings. The van der Waals surface area contributed by atoms with Crippen LogP contribution in [0.5, 0.6) is 5.75 Å². The summed E-state index contributed by atoms with van der Waals surface area (Å²) < 4.78 is 32.5. The number of hydrogen-bond acceptors (Lipinski definition) is 4. The lowest BCUT2D eigenvalue weighted by Crippen LogP contribution is -2.26. The standard InChI is InChI=1S/C25H28N2O4S/c1-25(2,3)19-13-16-23(31-5)22(17-19)26-24(28)18-11-14-21(15-12-18)32(29,30)27(4)20-9-7-6-8-10-20/h6-17H,1-5H3,(H,26,28). The molecule has 0 aliphatic rings. The van der Waals surface area contributed by atoms with E-state index >= 15 is 0 Å². The van der Waals surface area contributed by atoms with E-state index in [1.54, 1.807) is 31.4 Å². The van der Waals surface area contributed by atoms with Gasteiger partial charge in [-0.15, -0.1) is 0 Å². The second-order valence-corrected chi connectivity index (χ2v) is 10.4.